The molecule has 1 aliphatic carbocycles. The number of rotatable bonds is 2. The van der Waals surface area contributed by atoms with Crippen molar-refractivity contribution in [2.75, 3.05) is 0 Å². The third-order valence-electron chi connectivity index (χ3n) is 3.45. The summed E-state index contributed by atoms with van der Waals surface area (Å²) in [5.74, 6) is 0.737. The van der Waals surface area contributed by atoms with Gasteiger partial charge in [0.15, 0.2) is 0 Å². The van der Waals surface area contributed by atoms with Crippen molar-refractivity contribution in [3.05, 3.63) is 34.4 Å². The van der Waals surface area contributed by atoms with Crippen LogP contribution in [0.1, 0.15) is 31.1 Å². The summed E-state index contributed by atoms with van der Waals surface area (Å²) in [6, 6.07) is 4.60. The summed E-state index contributed by atoms with van der Waals surface area (Å²) in [6.45, 7) is 0. The molecule has 6 heteroatoms. The quantitative estimate of drug-likeness (QED) is 0.920. The van der Waals surface area contributed by atoms with E-state index < -0.39 is 0 Å². The Hall–Kier alpha value is -1.27. The van der Waals surface area contributed by atoms with Crippen LogP contribution in [-0.4, -0.2) is 16.2 Å². The van der Waals surface area contributed by atoms with Crippen molar-refractivity contribution in [1.29, 1.82) is 0 Å². The molecule has 2 aromatic rings. The van der Waals surface area contributed by atoms with Crippen molar-refractivity contribution in [2.45, 2.75) is 31.2 Å². The molecule has 3 rings (SSSR count). The highest BCUT2D eigenvalue weighted by atomic mass is 79.9. The van der Waals surface area contributed by atoms with Crippen molar-refractivity contribution < 1.29 is 8.91 Å². The van der Waals surface area contributed by atoms with Crippen molar-refractivity contribution in [2.24, 2.45) is 5.73 Å². The highest BCUT2D eigenvalue weighted by Crippen LogP contribution is 2.33. The molecule has 19 heavy (non-hydrogen) atoms. The molecule has 1 fully saturated rings. The van der Waals surface area contributed by atoms with E-state index in [1.54, 1.807) is 6.07 Å². The maximum absolute atomic E-state index is 13.3. The van der Waals surface area contributed by atoms with Gasteiger partial charge in [0.25, 0.3) is 0 Å². The lowest BCUT2D eigenvalue weighted by Crippen LogP contribution is -2.22. The Morgan fingerprint density at radius 3 is 2.84 bits per heavy atom. The molecule has 4 nitrogen and oxygen atoms in total. The minimum atomic E-state index is -0.340. The molecule has 0 bridgehead atoms. The van der Waals surface area contributed by atoms with Crippen LogP contribution < -0.4 is 5.73 Å². The Labute approximate surface area is 118 Å². The SMILES string of the molecule is NC1CCCC1c1nc(-c2cc(F)cc(Br)c2)no1. The van der Waals surface area contributed by atoms with E-state index in [2.05, 4.69) is 26.1 Å². The molecule has 1 saturated carbocycles. The summed E-state index contributed by atoms with van der Waals surface area (Å²) < 4.78 is 19.3. The van der Waals surface area contributed by atoms with Crippen LogP contribution in [0.3, 0.4) is 0 Å². The zero-order chi connectivity index (χ0) is 13.4. The van der Waals surface area contributed by atoms with Gasteiger partial charge >= 0.3 is 0 Å². The Morgan fingerprint density at radius 2 is 2.16 bits per heavy atom. The van der Waals surface area contributed by atoms with Gasteiger partial charge in [-0.2, -0.15) is 4.98 Å². The normalized spacial score (nSPS) is 22.9. The Balaban J connectivity index is 1.92. The first-order valence-corrected chi connectivity index (χ1v) is 6.98. The fourth-order valence-electron chi connectivity index (χ4n) is 2.48. The molecule has 0 radical (unpaired) electrons. The summed E-state index contributed by atoms with van der Waals surface area (Å²) in [4.78, 5) is 4.35. The molecule has 0 amide bonds. The van der Waals surface area contributed by atoms with E-state index in [1.807, 2.05) is 0 Å². The number of nitrogens with zero attached hydrogens (tertiary/aromatic N) is 2. The van der Waals surface area contributed by atoms with Crippen LogP contribution in [0.2, 0.25) is 0 Å². The number of nitrogens with two attached hydrogens (primary N) is 1. The minimum absolute atomic E-state index is 0.0764. The predicted octanol–water partition coefficient (Wildman–Crippen LogP) is 3.23. The van der Waals surface area contributed by atoms with Crippen LogP contribution in [0.4, 0.5) is 4.39 Å². The van der Waals surface area contributed by atoms with Gasteiger partial charge in [0.2, 0.25) is 11.7 Å². The van der Waals surface area contributed by atoms with E-state index in [0.717, 1.165) is 19.3 Å². The maximum atomic E-state index is 13.3. The topological polar surface area (TPSA) is 64.9 Å². The second kappa shape index (κ2) is 5.02. The molecule has 1 aromatic heterocycles. The average Bonchev–Trinajstić information content (AvgIpc) is 2.95. The maximum Gasteiger partial charge on any atom is 0.231 e. The molecule has 1 heterocycles. The summed E-state index contributed by atoms with van der Waals surface area (Å²) in [6.07, 6.45) is 3.03. The molecule has 2 N–H and O–H groups in total. The molecular formula is C13H13BrFN3O. The van der Waals surface area contributed by atoms with Crippen molar-refractivity contribution in [3.63, 3.8) is 0 Å². The Bertz CT molecular complexity index is 581. The summed E-state index contributed by atoms with van der Waals surface area (Å²) in [7, 11) is 0. The van der Waals surface area contributed by atoms with E-state index in [1.165, 1.54) is 12.1 Å². The fraction of sp³-hybridized carbons (Fsp3) is 0.385. The van der Waals surface area contributed by atoms with Gasteiger partial charge in [0, 0.05) is 16.1 Å². The predicted molar refractivity (Wildman–Crippen MR) is 72.0 cm³/mol. The third kappa shape index (κ3) is 2.55. The first-order chi connectivity index (χ1) is 9.13. The van der Waals surface area contributed by atoms with Gasteiger partial charge in [-0.1, -0.05) is 27.5 Å². The van der Waals surface area contributed by atoms with Crippen LogP contribution in [-0.2, 0) is 0 Å². The van der Waals surface area contributed by atoms with Crippen LogP contribution in [0.5, 0.6) is 0 Å². The lowest BCUT2D eigenvalue weighted by Gasteiger charge is -2.08. The van der Waals surface area contributed by atoms with Crippen LogP contribution in [0, 0.1) is 5.82 Å². The lowest BCUT2D eigenvalue weighted by atomic mass is 10.1. The van der Waals surface area contributed by atoms with E-state index in [-0.39, 0.29) is 17.8 Å². The summed E-state index contributed by atoms with van der Waals surface area (Å²) in [5, 5.41) is 3.92. The highest BCUT2D eigenvalue weighted by molar-refractivity contribution is 9.10. The smallest absolute Gasteiger partial charge is 0.231 e. The van der Waals surface area contributed by atoms with Crippen molar-refractivity contribution in [3.8, 4) is 11.4 Å². The van der Waals surface area contributed by atoms with E-state index >= 15 is 0 Å². The number of hydrogen-bond acceptors (Lipinski definition) is 4. The minimum Gasteiger partial charge on any atom is -0.339 e. The summed E-state index contributed by atoms with van der Waals surface area (Å²) in [5.41, 5.74) is 6.60. The van der Waals surface area contributed by atoms with Gasteiger partial charge in [-0.05, 0) is 31.0 Å². The molecule has 1 aliphatic rings. The summed E-state index contributed by atoms with van der Waals surface area (Å²) >= 11 is 3.25. The van der Waals surface area contributed by atoms with Gasteiger partial charge in [-0.15, -0.1) is 0 Å². The molecule has 1 aromatic carbocycles. The van der Waals surface area contributed by atoms with Gasteiger partial charge in [-0.3, -0.25) is 0 Å². The number of benzene rings is 1. The van der Waals surface area contributed by atoms with Gasteiger partial charge in [0.1, 0.15) is 5.82 Å². The second-order valence-electron chi connectivity index (χ2n) is 4.82. The molecular weight excluding hydrogens is 313 g/mol. The molecule has 0 spiro atoms. The van der Waals surface area contributed by atoms with E-state index in [4.69, 9.17) is 10.3 Å². The monoisotopic (exact) mass is 325 g/mol. The largest absolute Gasteiger partial charge is 0.339 e. The van der Waals surface area contributed by atoms with Gasteiger partial charge in [0.05, 0.1) is 5.92 Å². The number of hydrogen-bond donors (Lipinski definition) is 1. The molecule has 0 aliphatic heterocycles. The first-order valence-electron chi connectivity index (χ1n) is 6.19. The average molecular weight is 326 g/mol. The highest BCUT2D eigenvalue weighted by Gasteiger charge is 2.30. The van der Waals surface area contributed by atoms with Crippen LogP contribution >= 0.6 is 15.9 Å². The number of aromatic nitrogens is 2. The van der Waals surface area contributed by atoms with E-state index in [0.29, 0.717) is 21.8 Å². The second-order valence-corrected chi connectivity index (χ2v) is 5.73. The standard InChI is InChI=1S/C13H13BrFN3O/c14-8-4-7(5-9(15)6-8)12-17-13(19-18-12)10-2-1-3-11(10)16/h4-6,10-11H,1-3,16H2. The van der Waals surface area contributed by atoms with E-state index in [9.17, 15) is 4.39 Å². The molecule has 2 unspecified atom stereocenters. The van der Waals surface area contributed by atoms with Crippen molar-refractivity contribution >= 4 is 15.9 Å². The van der Waals surface area contributed by atoms with Crippen LogP contribution in [0.15, 0.2) is 27.2 Å². The third-order valence-corrected chi connectivity index (χ3v) is 3.91. The van der Waals surface area contributed by atoms with Crippen molar-refractivity contribution in [1.82, 2.24) is 10.1 Å². The number of halogens is 2. The van der Waals surface area contributed by atoms with Gasteiger partial charge in [-0.25, -0.2) is 4.39 Å². The first kappa shape index (κ1) is 12.7. The Morgan fingerprint density at radius 1 is 1.32 bits per heavy atom. The molecule has 2 atom stereocenters. The Kier molecular flexibility index (Phi) is 3.36. The fourth-order valence-corrected chi connectivity index (χ4v) is 2.95. The zero-order valence-electron chi connectivity index (χ0n) is 10.1. The van der Waals surface area contributed by atoms with Gasteiger partial charge < -0.3 is 10.3 Å². The van der Waals surface area contributed by atoms with Crippen LogP contribution in [0.25, 0.3) is 11.4 Å². The zero-order valence-corrected chi connectivity index (χ0v) is 11.7. The molecule has 0 saturated heterocycles. The lowest BCUT2D eigenvalue weighted by molar-refractivity contribution is 0.345. The molecule has 100 valence electrons.